The first-order valence-corrected chi connectivity index (χ1v) is 13.8. The molecule has 0 saturated carbocycles. The number of carbonyl (C=O) groups is 2. The van der Waals surface area contributed by atoms with Crippen LogP contribution in [0.4, 0.5) is 10.1 Å². The normalized spacial score (nSPS) is 14.7. The topological polar surface area (TPSA) is 49.4 Å². The van der Waals surface area contributed by atoms with E-state index < -0.39 is 0 Å². The van der Waals surface area contributed by atoms with E-state index in [0.29, 0.717) is 16.0 Å². The van der Waals surface area contributed by atoms with Gasteiger partial charge in [0.05, 0.1) is 17.1 Å². The van der Waals surface area contributed by atoms with Crippen molar-refractivity contribution in [1.82, 2.24) is 5.32 Å². The van der Waals surface area contributed by atoms with E-state index in [1.54, 1.807) is 35.2 Å². The van der Waals surface area contributed by atoms with E-state index in [9.17, 15) is 14.0 Å². The van der Waals surface area contributed by atoms with Crippen LogP contribution in [0.3, 0.4) is 0 Å². The molecule has 196 valence electrons. The number of hydrogen-bond donors (Lipinski definition) is 1. The maximum absolute atomic E-state index is 14.4. The van der Waals surface area contributed by atoms with Crippen LogP contribution in [0.2, 0.25) is 0 Å². The SMILES string of the molecule is CC[C@@H](Cc1ccccc1)NC(=O)c1ccc(/C=C2/Sc3ccccc3N(Cc3ccccc3F)C2=O)cc1. The fourth-order valence-corrected chi connectivity index (χ4v) is 5.62. The Morgan fingerprint density at radius 1 is 0.923 bits per heavy atom. The Morgan fingerprint density at radius 2 is 1.62 bits per heavy atom. The first-order chi connectivity index (χ1) is 19.0. The van der Waals surface area contributed by atoms with Gasteiger partial charge in [-0.3, -0.25) is 9.59 Å². The maximum atomic E-state index is 14.4. The van der Waals surface area contributed by atoms with Gasteiger partial charge in [-0.1, -0.05) is 91.5 Å². The third-order valence-corrected chi connectivity index (χ3v) is 7.82. The third-order valence-electron chi connectivity index (χ3n) is 6.74. The zero-order valence-corrected chi connectivity index (χ0v) is 22.5. The fourth-order valence-electron chi connectivity index (χ4n) is 4.56. The van der Waals surface area contributed by atoms with E-state index >= 15 is 0 Å². The van der Waals surface area contributed by atoms with Gasteiger partial charge in [-0.2, -0.15) is 0 Å². The largest absolute Gasteiger partial charge is 0.349 e. The lowest BCUT2D eigenvalue weighted by atomic mass is 10.0. The number of benzene rings is 4. The summed E-state index contributed by atoms with van der Waals surface area (Å²) in [5, 5.41) is 3.13. The Morgan fingerprint density at radius 3 is 2.36 bits per heavy atom. The summed E-state index contributed by atoms with van der Waals surface area (Å²) in [5.41, 5.74) is 3.79. The number of hydrogen-bond acceptors (Lipinski definition) is 3. The quantitative estimate of drug-likeness (QED) is 0.241. The van der Waals surface area contributed by atoms with Crippen LogP contribution in [0.25, 0.3) is 6.08 Å². The summed E-state index contributed by atoms with van der Waals surface area (Å²) in [5.74, 6) is -0.643. The lowest BCUT2D eigenvalue weighted by molar-refractivity contribution is -0.114. The molecule has 4 nitrogen and oxygen atoms in total. The van der Waals surface area contributed by atoms with Crippen LogP contribution in [0, 0.1) is 5.82 Å². The summed E-state index contributed by atoms with van der Waals surface area (Å²) >= 11 is 1.40. The Kier molecular flexibility index (Phi) is 8.23. The van der Waals surface area contributed by atoms with Crippen LogP contribution in [-0.4, -0.2) is 17.9 Å². The van der Waals surface area contributed by atoms with Crippen LogP contribution >= 0.6 is 11.8 Å². The van der Waals surface area contributed by atoms with Crippen molar-refractivity contribution < 1.29 is 14.0 Å². The molecule has 4 aromatic carbocycles. The smallest absolute Gasteiger partial charge is 0.265 e. The zero-order chi connectivity index (χ0) is 27.2. The molecule has 0 aliphatic carbocycles. The lowest BCUT2D eigenvalue weighted by Crippen LogP contribution is -2.35. The number of thioether (sulfide) groups is 1. The van der Waals surface area contributed by atoms with Gasteiger partial charge in [0.1, 0.15) is 5.82 Å². The monoisotopic (exact) mass is 536 g/mol. The van der Waals surface area contributed by atoms with E-state index in [0.717, 1.165) is 29.0 Å². The van der Waals surface area contributed by atoms with Gasteiger partial charge in [0, 0.05) is 22.1 Å². The minimum absolute atomic E-state index is 0.0402. The van der Waals surface area contributed by atoms with Gasteiger partial charge in [0.15, 0.2) is 0 Å². The van der Waals surface area contributed by atoms with E-state index in [1.807, 2.05) is 60.7 Å². The van der Waals surface area contributed by atoms with Gasteiger partial charge in [-0.15, -0.1) is 0 Å². The first-order valence-electron chi connectivity index (χ1n) is 13.0. The first kappa shape index (κ1) is 26.4. The van der Waals surface area contributed by atoms with Crippen LogP contribution in [0.5, 0.6) is 0 Å². The predicted molar refractivity (Wildman–Crippen MR) is 156 cm³/mol. The van der Waals surface area contributed by atoms with Crippen molar-refractivity contribution in [2.45, 2.75) is 37.2 Å². The van der Waals surface area contributed by atoms with E-state index in [-0.39, 0.29) is 30.2 Å². The lowest BCUT2D eigenvalue weighted by Gasteiger charge is -2.30. The van der Waals surface area contributed by atoms with E-state index in [4.69, 9.17) is 0 Å². The minimum Gasteiger partial charge on any atom is -0.349 e. The molecule has 1 heterocycles. The molecule has 0 bridgehead atoms. The van der Waals surface area contributed by atoms with Crippen molar-refractivity contribution in [2.75, 3.05) is 4.90 Å². The molecule has 0 unspecified atom stereocenters. The molecule has 0 spiro atoms. The Bertz CT molecular complexity index is 1500. The molecule has 4 aromatic rings. The molecule has 0 radical (unpaired) electrons. The summed E-state index contributed by atoms with van der Waals surface area (Å²) in [6, 6.07) is 31.6. The molecule has 0 aromatic heterocycles. The van der Waals surface area contributed by atoms with Gasteiger partial charge in [-0.25, -0.2) is 4.39 Å². The van der Waals surface area contributed by atoms with Crippen LogP contribution in [0.15, 0.2) is 113 Å². The van der Waals surface area contributed by atoms with Crippen molar-refractivity contribution in [1.29, 1.82) is 0 Å². The molecule has 39 heavy (non-hydrogen) atoms. The zero-order valence-electron chi connectivity index (χ0n) is 21.6. The second-order valence-corrected chi connectivity index (χ2v) is 10.5. The van der Waals surface area contributed by atoms with Crippen LogP contribution in [-0.2, 0) is 17.8 Å². The van der Waals surface area contributed by atoms with Gasteiger partial charge < -0.3 is 10.2 Å². The van der Waals surface area contributed by atoms with Crippen molar-refractivity contribution in [3.05, 3.63) is 136 Å². The molecular formula is C33H29FN2O2S. The van der Waals surface area contributed by atoms with Gasteiger partial charge in [-0.05, 0) is 60.4 Å². The van der Waals surface area contributed by atoms with Crippen molar-refractivity contribution in [3.63, 3.8) is 0 Å². The Labute approximate surface area is 232 Å². The molecule has 5 rings (SSSR count). The van der Waals surface area contributed by atoms with Gasteiger partial charge >= 0.3 is 0 Å². The highest BCUT2D eigenvalue weighted by atomic mass is 32.2. The minimum atomic E-state index is -0.338. The summed E-state index contributed by atoms with van der Waals surface area (Å²) in [6.45, 7) is 2.21. The van der Waals surface area contributed by atoms with Gasteiger partial charge in [0.25, 0.3) is 11.8 Å². The maximum Gasteiger partial charge on any atom is 0.265 e. The van der Waals surface area contributed by atoms with Crippen molar-refractivity contribution in [3.8, 4) is 0 Å². The molecule has 0 fully saturated rings. The number of nitrogens with zero attached hydrogens (tertiary/aromatic N) is 1. The summed E-state index contributed by atoms with van der Waals surface area (Å²) in [6.07, 6.45) is 3.43. The summed E-state index contributed by atoms with van der Waals surface area (Å²) in [4.78, 5) is 29.5. The number of halogens is 1. The molecule has 0 saturated heterocycles. The number of para-hydroxylation sites is 1. The highest BCUT2D eigenvalue weighted by Gasteiger charge is 2.29. The fraction of sp³-hybridized carbons (Fsp3) is 0.152. The molecule has 1 aliphatic heterocycles. The second kappa shape index (κ2) is 12.1. The molecule has 6 heteroatoms. The number of carbonyl (C=O) groups excluding carboxylic acids is 2. The number of fused-ring (bicyclic) bond motifs is 1. The highest BCUT2D eigenvalue weighted by Crippen LogP contribution is 2.42. The molecular weight excluding hydrogens is 507 g/mol. The van der Waals surface area contributed by atoms with Crippen molar-refractivity contribution in [2.24, 2.45) is 0 Å². The van der Waals surface area contributed by atoms with Crippen LogP contribution in [0.1, 0.15) is 40.4 Å². The number of anilines is 1. The standard InChI is InChI=1S/C33H29FN2O2S/c1-2-27(20-23-10-4-3-5-11-23)35-32(37)25-18-16-24(17-19-25)21-31-33(38)36(22-26-12-6-7-13-28(26)34)29-14-8-9-15-30(29)39-31/h3-19,21,27H,2,20,22H2,1H3,(H,35,37)/b31-21+/t27-/m0/s1. The average molecular weight is 537 g/mol. The van der Waals surface area contributed by atoms with Crippen LogP contribution < -0.4 is 10.2 Å². The molecule has 2 amide bonds. The molecule has 1 aliphatic rings. The highest BCUT2D eigenvalue weighted by molar-refractivity contribution is 8.04. The second-order valence-electron chi connectivity index (χ2n) is 9.45. The molecule has 1 atom stereocenters. The Hall–Kier alpha value is -4.16. The summed E-state index contributed by atoms with van der Waals surface area (Å²) < 4.78 is 14.4. The average Bonchev–Trinajstić information content (AvgIpc) is 2.96. The number of amides is 2. The summed E-state index contributed by atoms with van der Waals surface area (Å²) in [7, 11) is 0. The number of nitrogens with one attached hydrogen (secondary N) is 1. The van der Waals surface area contributed by atoms with E-state index in [1.165, 1.54) is 23.4 Å². The van der Waals surface area contributed by atoms with Crippen molar-refractivity contribution >= 4 is 35.3 Å². The van der Waals surface area contributed by atoms with E-state index in [2.05, 4.69) is 24.4 Å². The third kappa shape index (κ3) is 6.29. The number of rotatable bonds is 8. The van der Waals surface area contributed by atoms with Gasteiger partial charge in [0.2, 0.25) is 0 Å². The molecule has 1 N–H and O–H groups in total. The Balaban J connectivity index is 1.33. The predicted octanol–water partition coefficient (Wildman–Crippen LogP) is 7.26.